The molecular formula is C22H42IN5O2. The number of ether oxygens (including phenoxy) is 1. The fourth-order valence-electron chi connectivity index (χ4n) is 3.35. The first-order valence-electron chi connectivity index (χ1n) is 11.2. The third-order valence-corrected chi connectivity index (χ3v) is 5.37. The summed E-state index contributed by atoms with van der Waals surface area (Å²) in [5.74, 6) is 3.99. The molecule has 30 heavy (non-hydrogen) atoms. The molecule has 2 heterocycles. The van der Waals surface area contributed by atoms with Gasteiger partial charge in [-0.05, 0) is 65.0 Å². The van der Waals surface area contributed by atoms with Gasteiger partial charge < -0.3 is 19.8 Å². The van der Waals surface area contributed by atoms with Gasteiger partial charge in [0.1, 0.15) is 5.76 Å². The predicted octanol–water partition coefficient (Wildman–Crippen LogP) is 3.74. The smallest absolute Gasteiger partial charge is 0.208 e. The van der Waals surface area contributed by atoms with Crippen LogP contribution in [0.5, 0.6) is 0 Å². The molecule has 1 aromatic rings. The van der Waals surface area contributed by atoms with Gasteiger partial charge in [-0.1, -0.05) is 13.8 Å². The fourth-order valence-corrected chi connectivity index (χ4v) is 3.35. The second-order valence-electron chi connectivity index (χ2n) is 8.41. The second-order valence-corrected chi connectivity index (χ2v) is 8.41. The van der Waals surface area contributed by atoms with E-state index in [0.717, 1.165) is 82.2 Å². The zero-order chi connectivity index (χ0) is 21.1. The van der Waals surface area contributed by atoms with Crippen molar-refractivity contribution in [3.8, 4) is 0 Å². The molecule has 0 aliphatic carbocycles. The molecule has 0 aromatic carbocycles. The normalized spacial score (nSPS) is 16.0. The quantitative estimate of drug-likeness (QED) is 0.195. The molecule has 2 N–H and O–H groups in total. The summed E-state index contributed by atoms with van der Waals surface area (Å²) in [5, 5.41) is 6.71. The van der Waals surface area contributed by atoms with Crippen LogP contribution < -0.4 is 10.6 Å². The minimum atomic E-state index is 0. The van der Waals surface area contributed by atoms with Crippen LogP contribution in [0.15, 0.2) is 9.41 Å². The minimum Gasteiger partial charge on any atom is -0.444 e. The molecule has 7 nitrogen and oxygen atoms in total. The van der Waals surface area contributed by atoms with Gasteiger partial charge in [0.05, 0.1) is 18.8 Å². The third kappa shape index (κ3) is 10.4. The van der Waals surface area contributed by atoms with Gasteiger partial charge in [0, 0.05) is 26.2 Å². The number of hydrogen-bond acceptors (Lipinski definition) is 5. The topological polar surface area (TPSA) is 74.9 Å². The number of aromatic nitrogens is 1. The van der Waals surface area contributed by atoms with Crippen molar-refractivity contribution in [2.24, 2.45) is 16.8 Å². The van der Waals surface area contributed by atoms with Gasteiger partial charge in [-0.2, -0.15) is 0 Å². The Kier molecular flexibility index (Phi) is 13.6. The molecule has 1 fully saturated rings. The van der Waals surface area contributed by atoms with Crippen LogP contribution in [-0.4, -0.2) is 61.8 Å². The number of aliphatic imine (C=N–C) groups is 1. The van der Waals surface area contributed by atoms with E-state index in [-0.39, 0.29) is 24.0 Å². The van der Waals surface area contributed by atoms with Gasteiger partial charge in [-0.15, -0.1) is 24.0 Å². The zero-order valence-corrected chi connectivity index (χ0v) is 21.8. The van der Waals surface area contributed by atoms with Crippen molar-refractivity contribution in [2.45, 2.75) is 60.4 Å². The maximum absolute atomic E-state index is 5.72. The molecule has 0 saturated carbocycles. The summed E-state index contributed by atoms with van der Waals surface area (Å²) in [5.41, 5.74) is 0.998. The first kappa shape index (κ1) is 27.2. The lowest BCUT2D eigenvalue weighted by molar-refractivity contribution is 0.128. The van der Waals surface area contributed by atoms with Crippen molar-refractivity contribution in [3.05, 3.63) is 17.3 Å². The standard InChI is InChI=1S/C22H41N5O2.HI/c1-6-23-22(24-10-14-28-13-9-17(2)3)25-15-20-7-11-27(12-8-20)16-21-26-18(4)19(5)29-21;/h17,20H,6-16H2,1-5H3,(H2,23,24,25);1H. The van der Waals surface area contributed by atoms with Crippen molar-refractivity contribution in [1.29, 1.82) is 0 Å². The molecule has 0 radical (unpaired) electrons. The Morgan fingerprint density at radius 2 is 1.97 bits per heavy atom. The summed E-state index contributed by atoms with van der Waals surface area (Å²) in [6.07, 6.45) is 3.45. The van der Waals surface area contributed by atoms with E-state index in [1.807, 2.05) is 13.8 Å². The number of piperidine rings is 1. The number of nitrogens with one attached hydrogen (secondary N) is 2. The van der Waals surface area contributed by atoms with Crippen molar-refractivity contribution in [1.82, 2.24) is 20.5 Å². The highest BCUT2D eigenvalue weighted by Crippen LogP contribution is 2.20. The van der Waals surface area contributed by atoms with Gasteiger partial charge >= 0.3 is 0 Å². The van der Waals surface area contributed by atoms with Crippen LogP contribution >= 0.6 is 24.0 Å². The molecule has 1 saturated heterocycles. The van der Waals surface area contributed by atoms with E-state index in [9.17, 15) is 0 Å². The highest BCUT2D eigenvalue weighted by molar-refractivity contribution is 14.0. The van der Waals surface area contributed by atoms with Gasteiger partial charge in [0.25, 0.3) is 0 Å². The molecule has 174 valence electrons. The Morgan fingerprint density at radius 1 is 1.23 bits per heavy atom. The van der Waals surface area contributed by atoms with Gasteiger partial charge in [-0.3, -0.25) is 9.89 Å². The molecule has 1 aliphatic rings. The number of oxazole rings is 1. The SMILES string of the molecule is CCNC(=NCC1CCN(Cc2nc(C)c(C)o2)CC1)NCCOCCC(C)C.I. The molecule has 0 amide bonds. The van der Waals surface area contributed by atoms with E-state index in [1.54, 1.807) is 0 Å². The fraction of sp³-hybridized carbons (Fsp3) is 0.818. The lowest BCUT2D eigenvalue weighted by Gasteiger charge is -2.30. The Hall–Kier alpha value is -0.870. The molecule has 1 aliphatic heterocycles. The predicted molar refractivity (Wildman–Crippen MR) is 134 cm³/mol. The number of likely N-dealkylation sites (tertiary alicyclic amines) is 1. The highest BCUT2D eigenvalue weighted by Gasteiger charge is 2.20. The van der Waals surface area contributed by atoms with Crippen molar-refractivity contribution < 1.29 is 9.15 Å². The number of rotatable bonds is 11. The Labute approximate surface area is 199 Å². The van der Waals surface area contributed by atoms with Gasteiger partial charge in [-0.25, -0.2) is 4.98 Å². The first-order valence-corrected chi connectivity index (χ1v) is 11.2. The first-order chi connectivity index (χ1) is 14.0. The summed E-state index contributed by atoms with van der Waals surface area (Å²) >= 11 is 0. The molecule has 2 rings (SSSR count). The van der Waals surface area contributed by atoms with E-state index < -0.39 is 0 Å². The maximum Gasteiger partial charge on any atom is 0.208 e. The molecule has 1 aromatic heterocycles. The number of nitrogens with zero attached hydrogens (tertiary/aromatic N) is 3. The van der Waals surface area contributed by atoms with Crippen LogP contribution in [0.2, 0.25) is 0 Å². The summed E-state index contributed by atoms with van der Waals surface area (Å²) in [6, 6.07) is 0. The monoisotopic (exact) mass is 535 g/mol. The van der Waals surface area contributed by atoms with Gasteiger partial charge in [0.15, 0.2) is 5.96 Å². The summed E-state index contributed by atoms with van der Waals surface area (Å²) in [4.78, 5) is 11.7. The number of guanidine groups is 1. The van der Waals surface area contributed by atoms with Crippen LogP contribution in [0.4, 0.5) is 0 Å². The lowest BCUT2D eigenvalue weighted by Crippen LogP contribution is -2.40. The average molecular weight is 536 g/mol. The Bertz CT molecular complexity index is 593. The zero-order valence-electron chi connectivity index (χ0n) is 19.5. The van der Waals surface area contributed by atoms with Crippen molar-refractivity contribution in [3.63, 3.8) is 0 Å². The molecule has 0 atom stereocenters. The van der Waals surface area contributed by atoms with E-state index in [1.165, 1.54) is 12.8 Å². The van der Waals surface area contributed by atoms with Crippen LogP contribution in [0.3, 0.4) is 0 Å². The van der Waals surface area contributed by atoms with Crippen molar-refractivity contribution in [2.75, 3.05) is 45.9 Å². The average Bonchev–Trinajstić information content (AvgIpc) is 3.00. The van der Waals surface area contributed by atoms with E-state index in [4.69, 9.17) is 14.1 Å². The van der Waals surface area contributed by atoms with Crippen LogP contribution in [0.1, 0.15) is 57.4 Å². The summed E-state index contributed by atoms with van der Waals surface area (Å²) in [7, 11) is 0. The van der Waals surface area contributed by atoms with Crippen molar-refractivity contribution >= 4 is 29.9 Å². The Balaban J connectivity index is 0.00000450. The highest BCUT2D eigenvalue weighted by atomic mass is 127. The van der Waals surface area contributed by atoms with Crippen LogP contribution in [0.25, 0.3) is 0 Å². The van der Waals surface area contributed by atoms with Crippen LogP contribution in [-0.2, 0) is 11.3 Å². The van der Waals surface area contributed by atoms with E-state index in [0.29, 0.717) is 11.8 Å². The molecule has 8 heteroatoms. The molecular weight excluding hydrogens is 493 g/mol. The van der Waals surface area contributed by atoms with Gasteiger partial charge in [0.2, 0.25) is 5.89 Å². The summed E-state index contributed by atoms with van der Waals surface area (Å²) in [6.45, 7) is 17.6. The third-order valence-electron chi connectivity index (χ3n) is 5.37. The molecule has 0 unspecified atom stereocenters. The second kappa shape index (κ2) is 15.0. The number of aryl methyl sites for hydroxylation is 2. The number of halogens is 1. The minimum absolute atomic E-state index is 0. The van der Waals surface area contributed by atoms with E-state index in [2.05, 4.69) is 41.3 Å². The maximum atomic E-state index is 5.72. The number of hydrogen-bond donors (Lipinski definition) is 2. The summed E-state index contributed by atoms with van der Waals surface area (Å²) < 4.78 is 11.4. The van der Waals surface area contributed by atoms with E-state index >= 15 is 0 Å². The Morgan fingerprint density at radius 3 is 2.57 bits per heavy atom. The molecule has 0 bridgehead atoms. The lowest BCUT2D eigenvalue weighted by atomic mass is 9.97. The molecule has 0 spiro atoms. The largest absolute Gasteiger partial charge is 0.444 e. The van der Waals surface area contributed by atoms with Crippen LogP contribution in [0, 0.1) is 25.7 Å².